The fourth-order valence-electron chi connectivity index (χ4n) is 3.51. The van der Waals surface area contributed by atoms with Gasteiger partial charge in [-0.3, -0.25) is 4.79 Å². The number of hydrogen-bond donors (Lipinski definition) is 1. The van der Waals surface area contributed by atoms with Crippen LogP contribution in [0.1, 0.15) is 37.2 Å². The number of carbonyl (C=O) groups excluding carboxylic acids is 1. The second kappa shape index (κ2) is 5.53. The van der Waals surface area contributed by atoms with E-state index >= 15 is 0 Å². The molecular formula is C17H15BrFNOS. The number of halogens is 2. The van der Waals surface area contributed by atoms with Crippen LogP contribution in [0.15, 0.2) is 44.5 Å². The van der Waals surface area contributed by atoms with Crippen molar-refractivity contribution < 1.29 is 9.18 Å². The van der Waals surface area contributed by atoms with Crippen LogP contribution in [0.4, 0.5) is 4.39 Å². The Morgan fingerprint density at radius 2 is 2.09 bits per heavy atom. The van der Waals surface area contributed by atoms with E-state index in [4.69, 9.17) is 0 Å². The Balaban J connectivity index is 1.87. The molecule has 0 spiro atoms. The summed E-state index contributed by atoms with van der Waals surface area (Å²) in [6.45, 7) is 0. The van der Waals surface area contributed by atoms with Gasteiger partial charge < -0.3 is 5.32 Å². The van der Waals surface area contributed by atoms with Gasteiger partial charge in [-0.15, -0.1) is 11.8 Å². The second-order valence-corrected chi connectivity index (χ2v) is 7.83. The molecule has 0 aromatic heterocycles. The zero-order valence-electron chi connectivity index (χ0n) is 11.9. The molecule has 0 bridgehead atoms. The zero-order valence-corrected chi connectivity index (χ0v) is 14.3. The number of dihydropyridines is 1. The van der Waals surface area contributed by atoms with Crippen molar-refractivity contribution in [3.05, 3.63) is 55.9 Å². The number of thioether (sulfide) groups is 1. The fraction of sp³-hybridized carbons (Fsp3) is 0.353. The topological polar surface area (TPSA) is 29.1 Å². The maximum absolute atomic E-state index is 13.6. The van der Waals surface area contributed by atoms with Crippen molar-refractivity contribution in [3.63, 3.8) is 0 Å². The summed E-state index contributed by atoms with van der Waals surface area (Å²) in [5.41, 5.74) is 4.24. The Hall–Kier alpha value is -1.07. The summed E-state index contributed by atoms with van der Waals surface area (Å²) in [5.74, 6) is 0.988. The van der Waals surface area contributed by atoms with Crippen molar-refractivity contribution in [1.82, 2.24) is 5.32 Å². The molecule has 2 nitrogen and oxygen atoms in total. The predicted molar refractivity (Wildman–Crippen MR) is 90.0 cm³/mol. The molecule has 1 aromatic rings. The van der Waals surface area contributed by atoms with Gasteiger partial charge in [-0.1, -0.05) is 6.07 Å². The maximum atomic E-state index is 13.6. The standard InChI is InChI=1S/C17H15BrFNOS/c18-10-8-9(4-5-11(10)19)15-16-12(2-1-3-14(16)21)20-13-6-7-22-17(13)15/h4-5,8,15,20H,1-3,6-7H2/t15-/m1/s1. The Morgan fingerprint density at radius 1 is 1.23 bits per heavy atom. The largest absolute Gasteiger partial charge is 0.361 e. The average Bonchev–Trinajstić information content (AvgIpc) is 2.96. The van der Waals surface area contributed by atoms with Crippen molar-refractivity contribution in [2.24, 2.45) is 0 Å². The van der Waals surface area contributed by atoms with Crippen LogP contribution in [-0.4, -0.2) is 11.5 Å². The summed E-state index contributed by atoms with van der Waals surface area (Å²) < 4.78 is 14.0. The number of rotatable bonds is 1. The molecule has 22 heavy (non-hydrogen) atoms. The maximum Gasteiger partial charge on any atom is 0.161 e. The average molecular weight is 380 g/mol. The quantitative estimate of drug-likeness (QED) is 0.770. The highest BCUT2D eigenvalue weighted by atomic mass is 79.9. The molecule has 5 heteroatoms. The summed E-state index contributed by atoms with van der Waals surface area (Å²) >= 11 is 5.09. The monoisotopic (exact) mass is 379 g/mol. The number of allylic oxidation sites excluding steroid dienone is 4. The summed E-state index contributed by atoms with van der Waals surface area (Å²) in [6, 6.07) is 5.11. The Morgan fingerprint density at radius 3 is 2.91 bits per heavy atom. The van der Waals surface area contributed by atoms with Gasteiger partial charge in [0.25, 0.3) is 0 Å². The van der Waals surface area contributed by atoms with E-state index in [1.54, 1.807) is 0 Å². The van der Waals surface area contributed by atoms with Gasteiger partial charge in [0.15, 0.2) is 5.78 Å². The molecule has 4 rings (SSSR count). The number of hydrogen-bond acceptors (Lipinski definition) is 3. The third kappa shape index (κ3) is 2.26. The molecule has 0 fully saturated rings. The highest BCUT2D eigenvalue weighted by Crippen LogP contribution is 2.50. The number of nitrogens with one attached hydrogen (secondary N) is 1. The van der Waals surface area contributed by atoms with Gasteiger partial charge in [0.1, 0.15) is 5.82 Å². The molecular weight excluding hydrogens is 365 g/mol. The molecule has 1 aromatic carbocycles. The first-order chi connectivity index (χ1) is 10.6. The molecule has 3 aliphatic rings. The SMILES string of the molecule is O=C1CCCC2=C1[C@@H](c1ccc(F)c(Br)c1)C1=C(CCS1)N2. The third-order valence-corrected chi connectivity index (χ3v) is 6.30. The fourth-order valence-corrected chi connectivity index (χ4v) is 5.18. The van der Waals surface area contributed by atoms with Crippen molar-refractivity contribution in [1.29, 1.82) is 0 Å². The first-order valence-corrected chi connectivity index (χ1v) is 9.27. The van der Waals surface area contributed by atoms with Crippen LogP contribution in [0, 0.1) is 5.82 Å². The van der Waals surface area contributed by atoms with Gasteiger partial charge >= 0.3 is 0 Å². The van der Waals surface area contributed by atoms with Crippen LogP contribution in [0.5, 0.6) is 0 Å². The lowest BCUT2D eigenvalue weighted by molar-refractivity contribution is -0.116. The minimum atomic E-state index is -0.268. The number of carbonyl (C=O) groups is 1. The Bertz CT molecular complexity index is 740. The molecule has 2 aliphatic heterocycles. The molecule has 2 heterocycles. The van der Waals surface area contributed by atoms with Crippen LogP contribution in [0.25, 0.3) is 0 Å². The molecule has 1 aliphatic carbocycles. The molecule has 114 valence electrons. The minimum absolute atomic E-state index is 0.0246. The van der Waals surface area contributed by atoms with Crippen LogP contribution in [0.3, 0.4) is 0 Å². The smallest absolute Gasteiger partial charge is 0.161 e. The van der Waals surface area contributed by atoms with Crippen LogP contribution in [0.2, 0.25) is 0 Å². The number of benzene rings is 1. The van der Waals surface area contributed by atoms with E-state index in [0.717, 1.165) is 41.8 Å². The molecule has 0 saturated carbocycles. The van der Waals surface area contributed by atoms with E-state index < -0.39 is 0 Å². The van der Waals surface area contributed by atoms with Crippen molar-refractivity contribution >= 4 is 33.5 Å². The third-order valence-electron chi connectivity index (χ3n) is 4.49. The van der Waals surface area contributed by atoms with Crippen molar-refractivity contribution in [2.45, 2.75) is 31.6 Å². The lowest BCUT2D eigenvalue weighted by Crippen LogP contribution is -2.30. The van der Waals surface area contributed by atoms with Gasteiger partial charge in [-0.25, -0.2) is 4.39 Å². The van der Waals surface area contributed by atoms with E-state index in [9.17, 15) is 9.18 Å². The van der Waals surface area contributed by atoms with Crippen LogP contribution < -0.4 is 5.32 Å². The lowest BCUT2D eigenvalue weighted by Gasteiger charge is -2.33. The summed E-state index contributed by atoms with van der Waals surface area (Å²) in [4.78, 5) is 13.8. The molecule has 1 N–H and O–H groups in total. The highest BCUT2D eigenvalue weighted by Gasteiger charge is 2.38. The number of ketones is 1. The Kier molecular flexibility index (Phi) is 3.65. The van der Waals surface area contributed by atoms with Gasteiger partial charge in [0.05, 0.1) is 4.47 Å². The summed E-state index contributed by atoms with van der Waals surface area (Å²) in [5, 5.41) is 3.51. The predicted octanol–water partition coefficient (Wildman–Crippen LogP) is 4.63. The first-order valence-electron chi connectivity index (χ1n) is 7.49. The van der Waals surface area contributed by atoms with E-state index in [1.807, 2.05) is 23.9 Å². The van der Waals surface area contributed by atoms with E-state index in [0.29, 0.717) is 10.9 Å². The highest BCUT2D eigenvalue weighted by molar-refractivity contribution is 9.10. The number of Topliss-reactive ketones (excluding diaryl/α,β-unsaturated/α-hetero) is 1. The molecule has 0 radical (unpaired) electrons. The molecule has 0 saturated heterocycles. The van der Waals surface area contributed by atoms with Crippen LogP contribution >= 0.6 is 27.7 Å². The normalized spacial score (nSPS) is 24.3. The first kappa shape index (κ1) is 14.5. The summed E-state index contributed by atoms with van der Waals surface area (Å²) in [7, 11) is 0. The summed E-state index contributed by atoms with van der Waals surface area (Å²) in [6.07, 6.45) is 3.48. The van der Waals surface area contributed by atoms with Gasteiger partial charge in [0, 0.05) is 40.0 Å². The van der Waals surface area contributed by atoms with Gasteiger partial charge in [0.2, 0.25) is 0 Å². The van der Waals surface area contributed by atoms with E-state index in [1.165, 1.54) is 16.7 Å². The minimum Gasteiger partial charge on any atom is -0.361 e. The van der Waals surface area contributed by atoms with E-state index in [2.05, 4.69) is 21.2 Å². The van der Waals surface area contributed by atoms with Crippen LogP contribution in [-0.2, 0) is 4.79 Å². The molecule has 1 atom stereocenters. The van der Waals surface area contributed by atoms with E-state index in [-0.39, 0.29) is 17.5 Å². The molecule has 0 unspecified atom stereocenters. The van der Waals surface area contributed by atoms with Crippen molar-refractivity contribution in [3.8, 4) is 0 Å². The Labute approximate surface area is 141 Å². The second-order valence-electron chi connectivity index (χ2n) is 5.84. The van der Waals surface area contributed by atoms with Gasteiger partial charge in [-0.2, -0.15) is 0 Å². The molecule has 0 amide bonds. The zero-order chi connectivity index (χ0) is 15.3. The van der Waals surface area contributed by atoms with Gasteiger partial charge in [-0.05, 0) is 52.9 Å². The lowest BCUT2D eigenvalue weighted by atomic mass is 9.79. The van der Waals surface area contributed by atoms with Crippen molar-refractivity contribution in [2.75, 3.05) is 5.75 Å².